The molecule has 0 radical (unpaired) electrons. The van der Waals surface area contributed by atoms with Gasteiger partial charge in [-0.2, -0.15) is 0 Å². The Labute approximate surface area is 71.5 Å². The molecule has 0 saturated heterocycles. The summed E-state index contributed by atoms with van der Waals surface area (Å²) in [6.45, 7) is 4.91. The number of aromatic nitrogens is 1. The van der Waals surface area contributed by atoms with Crippen LogP contribution in [0.2, 0.25) is 0 Å². The molecule has 1 aromatic rings. The molecule has 0 aromatic carbocycles. The molecule has 62 valence electrons. The molecule has 0 bridgehead atoms. The van der Waals surface area contributed by atoms with Gasteiger partial charge in [0.1, 0.15) is 0 Å². The van der Waals surface area contributed by atoms with Gasteiger partial charge in [-0.15, -0.1) is 11.3 Å². The quantitative estimate of drug-likeness (QED) is 0.747. The van der Waals surface area contributed by atoms with E-state index in [9.17, 15) is 0 Å². The monoisotopic (exact) mass is 170 g/mol. The minimum Gasteiger partial charge on any atom is -0.330 e. The fourth-order valence-electron chi connectivity index (χ4n) is 1.12. The summed E-state index contributed by atoms with van der Waals surface area (Å²) >= 11 is 1.79. The van der Waals surface area contributed by atoms with Crippen LogP contribution in [0.15, 0.2) is 0 Å². The van der Waals surface area contributed by atoms with Crippen molar-refractivity contribution in [1.29, 1.82) is 0 Å². The summed E-state index contributed by atoms with van der Waals surface area (Å²) in [4.78, 5) is 5.81. The van der Waals surface area contributed by atoms with E-state index in [1.165, 1.54) is 10.6 Å². The van der Waals surface area contributed by atoms with Crippen molar-refractivity contribution in [3.63, 3.8) is 0 Å². The van der Waals surface area contributed by atoms with E-state index in [4.69, 9.17) is 5.73 Å². The predicted octanol–water partition coefficient (Wildman–Crippen LogP) is 1.52. The van der Waals surface area contributed by atoms with Gasteiger partial charge in [0.25, 0.3) is 0 Å². The topological polar surface area (TPSA) is 38.9 Å². The van der Waals surface area contributed by atoms with Gasteiger partial charge in [0.2, 0.25) is 0 Å². The highest BCUT2D eigenvalue weighted by atomic mass is 32.1. The molecule has 0 atom stereocenters. The second kappa shape index (κ2) is 3.83. The summed E-state index contributed by atoms with van der Waals surface area (Å²) in [7, 11) is 0. The summed E-state index contributed by atoms with van der Waals surface area (Å²) in [5, 5.41) is 1.16. The van der Waals surface area contributed by atoms with Crippen LogP contribution in [0.4, 0.5) is 0 Å². The average Bonchev–Trinajstić information content (AvgIpc) is 2.32. The van der Waals surface area contributed by atoms with Gasteiger partial charge in [0, 0.05) is 11.3 Å². The van der Waals surface area contributed by atoms with E-state index in [0.29, 0.717) is 6.54 Å². The van der Waals surface area contributed by atoms with Crippen molar-refractivity contribution in [1.82, 2.24) is 4.98 Å². The van der Waals surface area contributed by atoms with Crippen LogP contribution in [0.1, 0.15) is 22.5 Å². The zero-order chi connectivity index (χ0) is 8.27. The van der Waals surface area contributed by atoms with Gasteiger partial charge in [-0.25, -0.2) is 4.98 Å². The Morgan fingerprint density at radius 3 is 2.82 bits per heavy atom. The Balaban J connectivity index is 2.83. The summed E-state index contributed by atoms with van der Waals surface area (Å²) in [6, 6.07) is 0. The molecule has 0 saturated carbocycles. The van der Waals surface area contributed by atoms with Gasteiger partial charge in [0.15, 0.2) is 0 Å². The summed E-state index contributed by atoms with van der Waals surface area (Å²) in [6.07, 6.45) is 2.01. The molecule has 2 N–H and O–H groups in total. The number of nitrogens with zero attached hydrogens (tertiary/aromatic N) is 1. The molecule has 0 aliphatic heterocycles. The van der Waals surface area contributed by atoms with Crippen LogP contribution in [0.5, 0.6) is 0 Å². The van der Waals surface area contributed by atoms with Gasteiger partial charge in [-0.3, -0.25) is 0 Å². The van der Waals surface area contributed by atoms with Crippen LogP contribution in [-0.2, 0) is 12.8 Å². The van der Waals surface area contributed by atoms with E-state index < -0.39 is 0 Å². The highest BCUT2D eigenvalue weighted by molar-refractivity contribution is 7.11. The van der Waals surface area contributed by atoms with Crippen LogP contribution < -0.4 is 5.73 Å². The molecule has 0 aliphatic rings. The van der Waals surface area contributed by atoms with Crippen molar-refractivity contribution in [3.05, 3.63) is 15.6 Å². The first kappa shape index (κ1) is 8.68. The number of rotatable bonds is 3. The number of hydrogen-bond donors (Lipinski definition) is 1. The minimum atomic E-state index is 0.705. The van der Waals surface area contributed by atoms with Crippen LogP contribution in [0.3, 0.4) is 0 Å². The fraction of sp³-hybridized carbons (Fsp3) is 0.625. The lowest BCUT2D eigenvalue weighted by atomic mass is 10.2. The highest BCUT2D eigenvalue weighted by Gasteiger charge is 2.04. The van der Waals surface area contributed by atoms with E-state index >= 15 is 0 Å². The Morgan fingerprint density at radius 2 is 2.27 bits per heavy atom. The van der Waals surface area contributed by atoms with Crippen molar-refractivity contribution in [2.75, 3.05) is 6.54 Å². The molecule has 1 aromatic heterocycles. The van der Waals surface area contributed by atoms with Crippen molar-refractivity contribution >= 4 is 11.3 Å². The number of nitrogens with two attached hydrogens (primary N) is 1. The Bertz CT molecular complexity index is 230. The molecule has 0 amide bonds. The molecule has 0 unspecified atom stereocenters. The maximum Gasteiger partial charge on any atom is 0.0900 e. The molecule has 0 aliphatic carbocycles. The number of hydrogen-bond acceptors (Lipinski definition) is 3. The van der Waals surface area contributed by atoms with E-state index in [1.807, 2.05) is 6.92 Å². The molecule has 0 fully saturated rings. The maximum absolute atomic E-state index is 5.46. The third kappa shape index (κ3) is 2.01. The Kier molecular flexibility index (Phi) is 3.02. The van der Waals surface area contributed by atoms with Gasteiger partial charge in [-0.1, -0.05) is 6.92 Å². The molecule has 11 heavy (non-hydrogen) atoms. The fourth-order valence-corrected chi connectivity index (χ4v) is 2.04. The average molecular weight is 170 g/mol. The second-order valence-corrected chi connectivity index (χ2v) is 3.78. The molecule has 2 nitrogen and oxygen atoms in total. The first-order valence-corrected chi connectivity index (χ1v) is 4.74. The zero-order valence-corrected chi connectivity index (χ0v) is 7.87. The lowest BCUT2D eigenvalue weighted by Gasteiger charge is -1.94. The minimum absolute atomic E-state index is 0.705. The van der Waals surface area contributed by atoms with Crippen molar-refractivity contribution in [3.8, 4) is 0 Å². The normalized spacial score (nSPS) is 10.5. The Morgan fingerprint density at radius 1 is 1.55 bits per heavy atom. The third-order valence-corrected chi connectivity index (χ3v) is 2.74. The highest BCUT2D eigenvalue weighted by Crippen LogP contribution is 2.18. The third-order valence-electron chi connectivity index (χ3n) is 1.59. The van der Waals surface area contributed by atoms with Crippen molar-refractivity contribution in [2.45, 2.75) is 26.7 Å². The molecular formula is C8H14N2S. The SMILES string of the molecule is CCc1sc(C)nc1CCN. The van der Waals surface area contributed by atoms with Gasteiger partial charge >= 0.3 is 0 Å². The molecule has 3 heteroatoms. The number of aryl methyl sites for hydroxylation is 2. The largest absolute Gasteiger partial charge is 0.330 e. The van der Waals surface area contributed by atoms with Crippen molar-refractivity contribution in [2.24, 2.45) is 5.73 Å². The van der Waals surface area contributed by atoms with Crippen LogP contribution in [0.25, 0.3) is 0 Å². The predicted molar refractivity (Wildman–Crippen MR) is 49.0 cm³/mol. The summed E-state index contributed by atoms with van der Waals surface area (Å²) in [5.41, 5.74) is 6.66. The molecular weight excluding hydrogens is 156 g/mol. The van der Waals surface area contributed by atoms with Crippen LogP contribution in [0, 0.1) is 6.92 Å². The maximum atomic E-state index is 5.46. The van der Waals surface area contributed by atoms with E-state index in [0.717, 1.165) is 17.8 Å². The van der Waals surface area contributed by atoms with E-state index in [-0.39, 0.29) is 0 Å². The first-order chi connectivity index (χ1) is 5.27. The smallest absolute Gasteiger partial charge is 0.0900 e. The zero-order valence-electron chi connectivity index (χ0n) is 7.05. The lowest BCUT2D eigenvalue weighted by Crippen LogP contribution is -2.04. The van der Waals surface area contributed by atoms with E-state index in [1.54, 1.807) is 11.3 Å². The lowest BCUT2D eigenvalue weighted by molar-refractivity contribution is 0.908. The summed E-state index contributed by atoms with van der Waals surface area (Å²) in [5.74, 6) is 0. The standard InChI is InChI=1S/C8H14N2S/c1-3-8-7(4-5-9)10-6(2)11-8/h3-5,9H2,1-2H3. The van der Waals surface area contributed by atoms with Crippen LogP contribution >= 0.6 is 11.3 Å². The van der Waals surface area contributed by atoms with Crippen molar-refractivity contribution < 1.29 is 0 Å². The van der Waals surface area contributed by atoms with Gasteiger partial charge < -0.3 is 5.73 Å². The van der Waals surface area contributed by atoms with E-state index in [2.05, 4.69) is 11.9 Å². The number of thiazole rings is 1. The van der Waals surface area contributed by atoms with Gasteiger partial charge in [-0.05, 0) is 19.9 Å². The van der Waals surface area contributed by atoms with Gasteiger partial charge in [0.05, 0.1) is 10.7 Å². The molecule has 0 spiro atoms. The molecule has 1 rings (SSSR count). The first-order valence-electron chi connectivity index (χ1n) is 3.93. The second-order valence-electron chi connectivity index (χ2n) is 2.49. The summed E-state index contributed by atoms with van der Waals surface area (Å²) < 4.78 is 0. The molecule has 1 heterocycles. The Hall–Kier alpha value is -0.410. The van der Waals surface area contributed by atoms with Crippen LogP contribution in [-0.4, -0.2) is 11.5 Å².